The summed E-state index contributed by atoms with van der Waals surface area (Å²) in [4.78, 5) is 40.0. The molecule has 0 aliphatic heterocycles. The summed E-state index contributed by atoms with van der Waals surface area (Å²) in [6.45, 7) is 1.87. The minimum Gasteiger partial charge on any atom is -0.353 e. The number of likely N-dealkylation sites (N-methyl/N-ethyl adjacent to an activating group) is 1. The second-order valence-electron chi connectivity index (χ2n) is 9.61. The molecule has 39 heavy (non-hydrogen) atoms. The Morgan fingerprint density at radius 3 is 2.67 bits per heavy atom. The molecule has 194 valence electrons. The highest BCUT2D eigenvalue weighted by Crippen LogP contribution is 2.37. The zero-order chi connectivity index (χ0) is 27.1. The summed E-state index contributed by atoms with van der Waals surface area (Å²) in [6.07, 6.45) is 5.09. The number of fused-ring (bicyclic) bond motifs is 2. The van der Waals surface area contributed by atoms with Gasteiger partial charge in [0.05, 0.1) is 46.4 Å². The molecule has 3 N–H and O–H groups in total. The Balaban J connectivity index is 1.37. The Labute approximate surface area is 227 Å². The predicted octanol–water partition coefficient (Wildman–Crippen LogP) is 5.60. The van der Waals surface area contributed by atoms with Gasteiger partial charge in [0.25, 0.3) is 0 Å². The van der Waals surface area contributed by atoms with Gasteiger partial charge < -0.3 is 15.2 Å². The van der Waals surface area contributed by atoms with Crippen molar-refractivity contribution in [2.45, 2.75) is 6.92 Å². The van der Waals surface area contributed by atoms with Gasteiger partial charge in [0, 0.05) is 38.5 Å². The van der Waals surface area contributed by atoms with Crippen molar-refractivity contribution in [2.24, 2.45) is 0 Å². The lowest BCUT2D eigenvalue weighted by molar-refractivity contribution is -0.116. The third-order valence-electron chi connectivity index (χ3n) is 6.36. The molecule has 5 aromatic heterocycles. The largest absolute Gasteiger partial charge is 0.353 e. The summed E-state index contributed by atoms with van der Waals surface area (Å²) >= 11 is 1.50. The van der Waals surface area contributed by atoms with Crippen molar-refractivity contribution in [1.82, 2.24) is 30.0 Å². The van der Waals surface area contributed by atoms with Gasteiger partial charge in [0.15, 0.2) is 5.78 Å². The number of thiophene rings is 1. The molecule has 10 heteroatoms. The number of ketones is 1. The lowest BCUT2D eigenvalue weighted by Gasteiger charge is -2.10. The van der Waals surface area contributed by atoms with Crippen molar-refractivity contribution in [3.8, 4) is 33.1 Å². The van der Waals surface area contributed by atoms with Crippen LogP contribution >= 0.6 is 11.3 Å². The van der Waals surface area contributed by atoms with Crippen molar-refractivity contribution >= 4 is 50.5 Å². The molecule has 0 spiro atoms. The van der Waals surface area contributed by atoms with Gasteiger partial charge in [0.2, 0.25) is 5.91 Å². The Kier molecular flexibility index (Phi) is 6.26. The Bertz CT molecular complexity index is 1860. The monoisotopic (exact) mass is 535 g/mol. The molecule has 5 heterocycles. The summed E-state index contributed by atoms with van der Waals surface area (Å²) in [5.41, 5.74) is 6.60. The summed E-state index contributed by atoms with van der Waals surface area (Å²) in [7, 11) is 3.69. The normalized spacial score (nSPS) is 11.5. The number of Topliss-reactive ketones (excluding diaryl/α,β-unsaturated/α-hetero) is 1. The molecule has 0 radical (unpaired) electrons. The molecule has 6 rings (SSSR count). The average molecular weight is 536 g/mol. The molecule has 0 unspecified atom stereocenters. The van der Waals surface area contributed by atoms with E-state index in [1.807, 2.05) is 50.5 Å². The van der Waals surface area contributed by atoms with Crippen LogP contribution in [0.5, 0.6) is 0 Å². The van der Waals surface area contributed by atoms with Crippen molar-refractivity contribution in [2.75, 3.05) is 26.0 Å². The molecule has 0 saturated heterocycles. The average Bonchev–Trinajstić information content (AvgIpc) is 3.65. The van der Waals surface area contributed by atoms with Crippen LogP contribution in [0.15, 0.2) is 67.1 Å². The Morgan fingerprint density at radius 1 is 1.00 bits per heavy atom. The van der Waals surface area contributed by atoms with Crippen LogP contribution in [0.4, 0.5) is 5.69 Å². The molecule has 0 aliphatic carbocycles. The number of hydrogen-bond acceptors (Lipinski definition) is 7. The van der Waals surface area contributed by atoms with E-state index in [1.165, 1.54) is 11.3 Å². The van der Waals surface area contributed by atoms with E-state index in [9.17, 15) is 9.59 Å². The van der Waals surface area contributed by atoms with Crippen LogP contribution in [0.25, 0.3) is 54.9 Å². The first-order valence-electron chi connectivity index (χ1n) is 12.3. The van der Waals surface area contributed by atoms with Gasteiger partial charge in [-0.2, -0.15) is 5.10 Å². The second kappa shape index (κ2) is 9.90. The van der Waals surface area contributed by atoms with E-state index < -0.39 is 0 Å². The predicted molar refractivity (Wildman–Crippen MR) is 155 cm³/mol. The van der Waals surface area contributed by atoms with Crippen molar-refractivity contribution in [3.05, 3.63) is 72.0 Å². The molecule has 9 nitrogen and oxygen atoms in total. The lowest BCUT2D eigenvalue weighted by atomic mass is 10.1. The molecular formula is C29H25N7O2S. The molecule has 6 aromatic rings. The van der Waals surface area contributed by atoms with Gasteiger partial charge in [-0.25, -0.2) is 0 Å². The summed E-state index contributed by atoms with van der Waals surface area (Å²) in [6, 6.07) is 15.9. The molecule has 0 aliphatic rings. The van der Waals surface area contributed by atoms with Crippen LogP contribution < -0.4 is 5.32 Å². The van der Waals surface area contributed by atoms with Gasteiger partial charge in [-0.1, -0.05) is 12.1 Å². The fraction of sp³-hybridized carbons (Fsp3) is 0.138. The van der Waals surface area contributed by atoms with Crippen molar-refractivity contribution < 1.29 is 9.59 Å². The highest BCUT2D eigenvalue weighted by atomic mass is 32.1. The summed E-state index contributed by atoms with van der Waals surface area (Å²) in [5.74, 6) is -0.0463. The third-order valence-corrected chi connectivity index (χ3v) is 7.58. The number of benzene rings is 1. The maximum absolute atomic E-state index is 12.2. The number of rotatable bonds is 7. The number of hydrogen-bond donors (Lipinski definition) is 3. The number of aromatic nitrogens is 5. The molecule has 0 atom stereocenters. The Morgan fingerprint density at radius 2 is 1.87 bits per heavy atom. The molecule has 1 aromatic carbocycles. The minimum atomic E-state index is -0.113. The second-order valence-corrected chi connectivity index (χ2v) is 10.7. The maximum Gasteiger partial charge on any atom is 0.238 e. The summed E-state index contributed by atoms with van der Waals surface area (Å²) in [5, 5.41) is 12.5. The van der Waals surface area contributed by atoms with E-state index >= 15 is 0 Å². The zero-order valence-electron chi connectivity index (χ0n) is 21.6. The number of amides is 1. The van der Waals surface area contributed by atoms with E-state index in [2.05, 4.69) is 42.6 Å². The number of nitrogens with one attached hydrogen (secondary N) is 3. The molecular weight excluding hydrogens is 510 g/mol. The maximum atomic E-state index is 12.2. The number of H-pyrrole nitrogens is 2. The molecule has 1 amide bonds. The fourth-order valence-electron chi connectivity index (χ4n) is 4.59. The van der Waals surface area contributed by atoms with E-state index in [-0.39, 0.29) is 18.2 Å². The number of carbonyl (C=O) groups excluding carboxylic acids is 2. The highest BCUT2D eigenvalue weighted by molar-refractivity contribution is 7.17. The van der Waals surface area contributed by atoms with Crippen LogP contribution in [-0.2, 0) is 4.79 Å². The zero-order valence-corrected chi connectivity index (χ0v) is 22.4. The first-order valence-corrected chi connectivity index (χ1v) is 13.1. The van der Waals surface area contributed by atoms with Gasteiger partial charge in [-0.05, 0) is 57.4 Å². The number of carbonyl (C=O) groups is 2. The van der Waals surface area contributed by atoms with Crippen molar-refractivity contribution in [3.63, 3.8) is 0 Å². The SMILES string of the molecule is CC(=O)c1ccc(-c2cccc3[nH]c(-c4n[nH]c5cnc(-c6cncc(NC(=O)CN(C)C)c6)cc45)cc23)s1. The van der Waals surface area contributed by atoms with E-state index in [1.54, 1.807) is 30.4 Å². The number of nitrogens with zero attached hydrogens (tertiary/aromatic N) is 4. The minimum absolute atomic E-state index is 0.0669. The van der Waals surface area contributed by atoms with Crippen molar-refractivity contribution in [1.29, 1.82) is 0 Å². The highest BCUT2D eigenvalue weighted by Gasteiger charge is 2.16. The van der Waals surface area contributed by atoms with Gasteiger partial charge in [-0.3, -0.25) is 24.7 Å². The number of pyridine rings is 2. The first kappa shape index (κ1) is 24.7. The lowest BCUT2D eigenvalue weighted by Crippen LogP contribution is -2.27. The standard InChI is InChI=1S/C29H25N7O2S/c1-16(37)26-7-8-27(39-26)19-5-4-6-22-20(19)10-24(33-22)29-21-11-23(31-14-25(21)34-35-29)17-9-18(13-30-12-17)32-28(38)15-36(2)3/h4-14,33H,15H2,1-3H3,(H,32,38)(H,34,35). The smallest absolute Gasteiger partial charge is 0.238 e. The molecule has 0 saturated carbocycles. The molecule has 0 bridgehead atoms. The Hall–Kier alpha value is -4.67. The van der Waals surface area contributed by atoms with E-state index in [0.29, 0.717) is 11.4 Å². The fourth-order valence-corrected chi connectivity index (χ4v) is 5.53. The van der Waals surface area contributed by atoms with Gasteiger partial charge in [0.1, 0.15) is 5.69 Å². The van der Waals surface area contributed by atoms with Crippen LogP contribution in [0.1, 0.15) is 16.6 Å². The number of anilines is 1. The van der Waals surface area contributed by atoms with Gasteiger partial charge in [-0.15, -0.1) is 11.3 Å². The first-order chi connectivity index (χ1) is 18.9. The third kappa shape index (κ3) is 4.83. The molecule has 0 fully saturated rings. The quantitative estimate of drug-likeness (QED) is 0.229. The van der Waals surface area contributed by atoms with Crippen LogP contribution in [0.2, 0.25) is 0 Å². The topological polar surface area (TPSA) is 120 Å². The van der Waals surface area contributed by atoms with Crippen LogP contribution in [0, 0.1) is 0 Å². The van der Waals surface area contributed by atoms with Gasteiger partial charge >= 0.3 is 0 Å². The van der Waals surface area contributed by atoms with Crippen LogP contribution in [-0.4, -0.2) is 62.4 Å². The van der Waals surface area contributed by atoms with Crippen LogP contribution in [0.3, 0.4) is 0 Å². The number of aromatic amines is 2. The van der Waals surface area contributed by atoms with E-state index in [4.69, 9.17) is 0 Å². The summed E-state index contributed by atoms with van der Waals surface area (Å²) < 4.78 is 0. The van der Waals surface area contributed by atoms with E-state index in [0.717, 1.165) is 54.1 Å².